The summed E-state index contributed by atoms with van der Waals surface area (Å²) in [5, 5.41) is 6.63. The maximum absolute atomic E-state index is 12.7. The number of aromatic nitrogens is 1. The molecule has 0 aliphatic carbocycles. The van der Waals surface area contributed by atoms with Crippen LogP contribution in [0.15, 0.2) is 57.9 Å². The van der Waals surface area contributed by atoms with Crippen LogP contribution in [-0.4, -0.2) is 30.0 Å². The van der Waals surface area contributed by atoms with Gasteiger partial charge in [-0.1, -0.05) is 29.1 Å². The number of thioether (sulfide) groups is 1. The van der Waals surface area contributed by atoms with Crippen LogP contribution in [0.1, 0.15) is 16.1 Å². The summed E-state index contributed by atoms with van der Waals surface area (Å²) in [6.07, 6.45) is 0. The molecule has 9 heteroatoms. The first-order chi connectivity index (χ1) is 14.1. The summed E-state index contributed by atoms with van der Waals surface area (Å²) in [7, 11) is 0. The molecule has 29 heavy (non-hydrogen) atoms. The van der Waals surface area contributed by atoms with Crippen LogP contribution in [0.25, 0.3) is 11.3 Å². The maximum Gasteiger partial charge on any atom is 0.288 e. The average Bonchev–Trinajstić information content (AvgIpc) is 3.21. The highest BCUT2D eigenvalue weighted by molar-refractivity contribution is 7.99. The molecule has 1 aliphatic heterocycles. The molecule has 0 unspecified atom stereocenters. The third kappa shape index (κ3) is 4.51. The van der Waals surface area contributed by atoms with E-state index in [1.165, 1.54) is 12.1 Å². The molecule has 0 bridgehead atoms. The minimum Gasteiger partial charge on any atom is -0.486 e. The van der Waals surface area contributed by atoms with Gasteiger partial charge in [-0.3, -0.25) is 4.79 Å². The Balaban J connectivity index is 1.43. The highest BCUT2D eigenvalue weighted by Crippen LogP contribution is 2.34. The molecule has 150 valence electrons. The lowest BCUT2D eigenvalue weighted by molar-refractivity contribution is 0.0947. The van der Waals surface area contributed by atoms with Gasteiger partial charge in [-0.05, 0) is 30.3 Å². The Morgan fingerprint density at radius 2 is 1.90 bits per heavy atom. The topological polar surface area (TPSA) is 73.6 Å². The lowest BCUT2D eigenvalue weighted by Crippen LogP contribution is -2.23. The second-order valence-corrected chi connectivity index (χ2v) is 7.13. The number of halogens is 2. The van der Waals surface area contributed by atoms with E-state index < -0.39 is 11.7 Å². The SMILES string of the molecule is O=C(NCc1cc(-c2ccc3c(c2)OCCO3)on1)c1ccccc1SC(F)F. The third-order valence-electron chi connectivity index (χ3n) is 4.16. The van der Waals surface area contributed by atoms with Crippen LogP contribution in [0.2, 0.25) is 0 Å². The van der Waals surface area contributed by atoms with Crippen LogP contribution in [-0.2, 0) is 6.54 Å². The predicted molar refractivity (Wildman–Crippen MR) is 102 cm³/mol. The fourth-order valence-electron chi connectivity index (χ4n) is 2.85. The molecule has 1 aliphatic rings. The van der Waals surface area contributed by atoms with E-state index in [9.17, 15) is 13.6 Å². The zero-order valence-electron chi connectivity index (χ0n) is 15.1. The van der Waals surface area contributed by atoms with Crippen molar-refractivity contribution in [2.45, 2.75) is 17.2 Å². The smallest absolute Gasteiger partial charge is 0.288 e. The molecule has 4 rings (SSSR count). The number of amides is 1. The van der Waals surface area contributed by atoms with Gasteiger partial charge >= 0.3 is 0 Å². The van der Waals surface area contributed by atoms with E-state index in [1.807, 2.05) is 6.07 Å². The van der Waals surface area contributed by atoms with Crippen molar-refractivity contribution >= 4 is 17.7 Å². The van der Waals surface area contributed by atoms with E-state index in [-0.39, 0.29) is 17.0 Å². The van der Waals surface area contributed by atoms with E-state index in [0.29, 0.717) is 47.9 Å². The molecule has 0 radical (unpaired) electrons. The summed E-state index contributed by atoms with van der Waals surface area (Å²) in [4.78, 5) is 12.6. The number of hydrogen-bond donors (Lipinski definition) is 1. The molecule has 2 aromatic carbocycles. The Morgan fingerprint density at radius 1 is 1.10 bits per heavy atom. The molecule has 1 N–H and O–H groups in total. The Kier molecular flexibility index (Phi) is 5.66. The van der Waals surface area contributed by atoms with Gasteiger partial charge in [0.15, 0.2) is 17.3 Å². The number of ether oxygens (including phenoxy) is 2. The average molecular weight is 418 g/mol. The van der Waals surface area contributed by atoms with E-state index in [2.05, 4.69) is 10.5 Å². The lowest BCUT2D eigenvalue weighted by Gasteiger charge is -2.18. The van der Waals surface area contributed by atoms with Gasteiger partial charge in [0, 0.05) is 16.5 Å². The van der Waals surface area contributed by atoms with Crippen LogP contribution in [0.3, 0.4) is 0 Å². The number of nitrogens with zero attached hydrogens (tertiary/aromatic N) is 1. The molecule has 0 spiro atoms. The van der Waals surface area contributed by atoms with E-state index >= 15 is 0 Å². The van der Waals surface area contributed by atoms with Gasteiger partial charge in [0.25, 0.3) is 11.7 Å². The third-order valence-corrected chi connectivity index (χ3v) is 4.95. The Bertz CT molecular complexity index is 1030. The molecule has 6 nitrogen and oxygen atoms in total. The highest BCUT2D eigenvalue weighted by atomic mass is 32.2. The highest BCUT2D eigenvalue weighted by Gasteiger charge is 2.17. The van der Waals surface area contributed by atoms with Gasteiger partial charge in [0.05, 0.1) is 12.1 Å². The second-order valence-electron chi connectivity index (χ2n) is 6.10. The quantitative estimate of drug-likeness (QED) is 0.600. The van der Waals surface area contributed by atoms with E-state index in [0.717, 1.165) is 5.56 Å². The standard InChI is InChI=1S/C20H16F2N2O4S/c21-20(22)29-18-4-2-1-3-14(18)19(25)23-11-13-10-16(28-24-13)12-5-6-15-17(9-12)27-8-7-26-15/h1-6,9-10,20H,7-8,11H2,(H,23,25). The van der Waals surface area contributed by atoms with Gasteiger partial charge < -0.3 is 19.3 Å². The summed E-state index contributed by atoms with van der Waals surface area (Å²) >= 11 is 0.337. The van der Waals surface area contributed by atoms with Crippen LogP contribution in [0, 0.1) is 0 Å². The van der Waals surface area contributed by atoms with Crippen molar-refractivity contribution in [3.05, 3.63) is 59.8 Å². The van der Waals surface area contributed by atoms with Crippen molar-refractivity contribution < 1.29 is 27.6 Å². The first-order valence-corrected chi connectivity index (χ1v) is 9.66. The fourth-order valence-corrected chi connectivity index (χ4v) is 3.48. The van der Waals surface area contributed by atoms with Crippen LogP contribution < -0.4 is 14.8 Å². The van der Waals surface area contributed by atoms with Crippen molar-refractivity contribution in [1.82, 2.24) is 10.5 Å². The maximum atomic E-state index is 12.7. The molecule has 1 amide bonds. The van der Waals surface area contributed by atoms with Gasteiger partial charge in [-0.15, -0.1) is 0 Å². The van der Waals surface area contributed by atoms with Crippen LogP contribution in [0.5, 0.6) is 11.5 Å². The minimum absolute atomic E-state index is 0.0978. The number of carbonyl (C=O) groups is 1. The van der Waals surface area contributed by atoms with Gasteiger partial charge in [-0.25, -0.2) is 0 Å². The number of rotatable bonds is 6. The Hall–Kier alpha value is -3.07. The Morgan fingerprint density at radius 3 is 2.72 bits per heavy atom. The first kappa shape index (κ1) is 19.3. The Labute approximate surface area is 169 Å². The van der Waals surface area contributed by atoms with E-state index in [1.54, 1.807) is 30.3 Å². The number of benzene rings is 2. The van der Waals surface area contributed by atoms with Gasteiger partial charge in [0.2, 0.25) is 0 Å². The molecule has 0 saturated heterocycles. The number of fused-ring (bicyclic) bond motifs is 1. The first-order valence-electron chi connectivity index (χ1n) is 8.78. The predicted octanol–water partition coefficient (Wildman–Crippen LogP) is 4.36. The largest absolute Gasteiger partial charge is 0.486 e. The summed E-state index contributed by atoms with van der Waals surface area (Å²) in [5.41, 5.74) is 1.45. The molecular formula is C20H16F2N2O4S. The normalized spacial score (nSPS) is 12.8. The molecule has 3 aromatic rings. The zero-order valence-corrected chi connectivity index (χ0v) is 15.9. The molecular weight excluding hydrogens is 402 g/mol. The van der Waals surface area contributed by atoms with Crippen molar-refractivity contribution in [3.63, 3.8) is 0 Å². The second kappa shape index (κ2) is 8.52. The summed E-state index contributed by atoms with van der Waals surface area (Å²) in [6.45, 7) is 1.09. The zero-order chi connectivity index (χ0) is 20.2. The minimum atomic E-state index is -2.60. The summed E-state index contributed by atoms with van der Waals surface area (Å²) in [5.74, 6) is -1.24. The molecule has 0 fully saturated rings. The number of nitrogens with one attached hydrogen (secondary N) is 1. The fraction of sp³-hybridized carbons (Fsp3) is 0.200. The molecule has 0 saturated carbocycles. The van der Waals surface area contributed by atoms with Crippen LogP contribution in [0.4, 0.5) is 8.78 Å². The molecule has 2 heterocycles. The summed E-state index contributed by atoms with van der Waals surface area (Å²) in [6, 6.07) is 13.4. The van der Waals surface area contributed by atoms with Gasteiger partial charge in [-0.2, -0.15) is 8.78 Å². The monoisotopic (exact) mass is 418 g/mol. The number of alkyl halides is 2. The van der Waals surface area contributed by atoms with Crippen LogP contribution >= 0.6 is 11.8 Å². The molecule has 0 atom stereocenters. The van der Waals surface area contributed by atoms with Crippen molar-refractivity contribution in [3.8, 4) is 22.8 Å². The summed E-state index contributed by atoms with van der Waals surface area (Å²) < 4.78 is 41.8. The van der Waals surface area contributed by atoms with E-state index in [4.69, 9.17) is 14.0 Å². The van der Waals surface area contributed by atoms with Crippen molar-refractivity contribution in [1.29, 1.82) is 0 Å². The van der Waals surface area contributed by atoms with Crippen molar-refractivity contribution in [2.24, 2.45) is 0 Å². The number of hydrogen-bond acceptors (Lipinski definition) is 6. The number of carbonyl (C=O) groups excluding carboxylic acids is 1. The van der Waals surface area contributed by atoms with Crippen molar-refractivity contribution in [2.75, 3.05) is 13.2 Å². The lowest BCUT2D eigenvalue weighted by atomic mass is 10.1. The molecule has 1 aromatic heterocycles. The van der Waals surface area contributed by atoms with Gasteiger partial charge in [0.1, 0.15) is 18.9 Å².